The van der Waals surface area contributed by atoms with E-state index in [-0.39, 0.29) is 22.7 Å². The Morgan fingerprint density at radius 3 is 2.25 bits per heavy atom. The van der Waals surface area contributed by atoms with Gasteiger partial charge in [0.25, 0.3) is 0 Å². The molecule has 0 radical (unpaired) electrons. The molecule has 12 heteroatoms. The zero-order valence-electron chi connectivity index (χ0n) is 19.6. The van der Waals surface area contributed by atoms with Crippen molar-refractivity contribution in [2.45, 2.75) is 61.9 Å². The molecule has 1 saturated carbocycles. The van der Waals surface area contributed by atoms with Gasteiger partial charge in [0, 0.05) is 36.5 Å². The van der Waals surface area contributed by atoms with E-state index in [0.717, 1.165) is 50.8 Å². The van der Waals surface area contributed by atoms with Crippen LogP contribution in [0.2, 0.25) is 0 Å². The minimum absolute atomic E-state index is 0.00420. The number of thiocarbonyl (C=S) groups is 1. The van der Waals surface area contributed by atoms with Crippen LogP contribution in [0.1, 0.15) is 38.5 Å². The number of rotatable bonds is 7. The molecular weight excluding hydrogens is 513 g/mol. The Labute approximate surface area is 214 Å². The van der Waals surface area contributed by atoms with Crippen LogP contribution < -0.4 is 25.0 Å². The Morgan fingerprint density at radius 2 is 1.61 bits per heavy atom. The normalized spacial score (nSPS) is 19.2. The number of nitrogens with one attached hydrogen (secondary N) is 3. The molecule has 0 aromatic heterocycles. The predicted octanol–water partition coefficient (Wildman–Crippen LogP) is 4.76. The highest BCUT2D eigenvalue weighted by atomic mass is 32.2. The molecule has 4 rings (SSSR count). The van der Waals surface area contributed by atoms with Gasteiger partial charge >= 0.3 is 6.36 Å². The van der Waals surface area contributed by atoms with Crippen molar-refractivity contribution in [1.82, 2.24) is 10.0 Å². The van der Waals surface area contributed by atoms with Crippen LogP contribution in [-0.2, 0) is 10.0 Å². The maximum Gasteiger partial charge on any atom is 0.573 e. The summed E-state index contributed by atoms with van der Waals surface area (Å²) in [6.45, 7) is 1.35. The Hall–Kier alpha value is -2.57. The summed E-state index contributed by atoms with van der Waals surface area (Å²) in [4.78, 5) is 2.27. The van der Waals surface area contributed by atoms with Crippen molar-refractivity contribution < 1.29 is 26.3 Å². The van der Waals surface area contributed by atoms with Crippen molar-refractivity contribution in [3.63, 3.8) is 0 Å². The van der Waals surface area contributed by atoms with Crippen LogP contribution in [0.5, 0.6) is 5.75 Å². The highest BCUT2D eigenvalue weighted by molar-refractivity contribution is 7.89. The molecule has 0 spiro atoms. The quantitative estimate of drug-likeness (QED) is 0.435. The van der Waals surface area contributed by atoms with E-state index in [0.29, 0.717) is 17.3 Å². The van der Waals surface area contributed by atoms with E-state index in [9.17, 15) is 21.6 Å². The van der Waals surface area contributed by atoms with Crippen LogP contribution in [0.25, 0.3) is 0 Å². The first kappa shape index (κ1) is 26.5. The van der Waals surface area contributed by atoms with E-state index in [4.69, 9.17) is 12.2 Å². The van der Waals surface area contributed by atoms with Gasteiger partial charge in [-0.1, -0.05) is 19.3 Å². The number of sulfonamides is 1. The van der Waals surface area contributed by atoms with Gasteiger partial charge in [-0.05, 0) is 80.0 Å². The van der Waals surface area contributed by atoms with E-state index in [1.165, 1.54) is 12.1 Å². The molecule has 1 unspecified atom stereocenters. The van der Waals surface area contributed by atoms with E-state index in [1.807, 2.05) is 0 Å². The van der Waals surface area contributed by atoms with Gasteiger partial charge in [-0.25, -0.2) is 13.1 Å². The first-order valence-electron chi connectivity index (χ1n) is 11.9. The topological polar surface area (TPSA) is 82.7 Å². The average molecular weight is 543 g/mol. The summed E-state index contributed by atoms with van der Waals surface area (Å²) < 4.78 is 69.1. The molecule has 2 fully saturated rings. The lowest BCUT2D eigenvalue weighted by Crippen LogP contribution is -2.39. The average Bonchev–Trinajstić information content (AvgIpc) is 3.27. The monoisotopic (exact) mass is 542 g/mol. The number of ether oxygens (including phenoxy) is 1. The number of benzene rings is 2. The zero-order chi connectivity index (χ0) is 25.8. The van der Waals surface area contributed by atoms with Gasteiger partial charge < -0.3 is 20.3 Å². The Kier molecular flexibility index (Phi) is 8.26. The maximum atomic E-state index is 12.7. The van der Waals surface area contributed by atoms with Gasteiger partial charge in [-0.2, -0.15) is 0 Å². The summed E-state index contributed by atoms with van der Waals surface area (Å²) in [5, 5.41) is 6.73. The van der Waals surface area contributed by atoms with Gasteiger partial charge in [-0.3, -0.25) is 0 Å². The lowest BCUT2D eigenvalue weighted by atomic mass is 9.96. The van der Waals surface area contributed by atoms with E-state index < -0.39 is 16.4 Å². The van der Waals surface area contributed by atoms with Crippen LogP contribution in [0.15, 0.2) is 53.4 Å². The molecule has 2 aliphatic rings. The third-order valence-electron chi connectivity index (χ3n) is 6.31. The Bertz CT molecular complexity index is 1140. The number of hydrogen-bond acceptors (Lipinski definition) is 5. The molecule has 36 heavy (non-hydrogen) atoms. The summed E-state index contributed by atoms with van der Waals surface area (Å²) in [6.07, 6.45) is 1.06. The van der Waals surface area contributed by atoms with Crippen LogP contribution in [0, 0.1) is 0 Å². The largest absolute Gasteiger partial charge is 0.573 e. The van der Waals surface area contributed by atoms with E-state index in [2.05, 4.69) is 25.0 Å². The van der Waals surface area contributed by atoms with E-state index in [1.54, 1.807) is 36.4 Å². The maximum absolute atomic E-state index is 12.7. The molecule has 2 aromatic rings. The molecule has 1 saturated heterocycles. The fourth-order valence-corrected chi connectivity index (χ4v) is 6.14. The van der Waals surface area contributed by atoms with Gasteiger partial charge in [-0.15, -0.1) is 13.2 Å². The standard InChI is InChI=1S/C24H29F3N4O3S2/c25-24(26,27)34-21-10-8-20(9-11-21)31-15-14-19(16-31)29-23(35)28-17-6-12-22(13-7-17)36(32,33)30-18-4-2-1-3-5-18/h6-13,18-19,30H,1-5,14-16H2,(H2,28,29,35). The van der Waals surface area contributed by atoms with Crippen LogP contribution in [-0.4, -0.2) is 45.1 Å². The first-order valence-corrected chi connectivity index (χ1v) is 13.8. The molecule has 196 valence electrons. The van der Waals surface area contributed by atoms with Gasteiger partial charge in [0.2, 0.25) is 10.0 Å². The summed E-state index contributed by atoms with van der Waals surface area (Å²) >= 11 is 5.42. The molecule has 1 aliphatic carbocycles. The SMILES string of the molecule is O=S(=O)(NC1CCCCC1)c1ccc(NC(=S)NC2CCN(c3ccc(OC(F)(F)F)cc3)C2)cc1. The summed E-state index contributed by atoms with van der Waals surface area (Å²) in [5.74, 6) is -0.255. The number of anilines is 2. The summed E-state index contributed by atoms with van der Waals surface area (Å²) in [6, 6.07) is 12.3. The highest BCUT2D eigenvalue weighted by Crippen LogP contribution is 2.27. The fraction of sp³-hybridized carbons (Fsp3) is 0.458. The first-order chi connectivity index (χ1) is 17.1. The number of hydrogen-bond donors (Lipinski definition) is 3. The van der Waals surface area contributed by atoms with Gasteiger partial charge in [0.05, 0.1) is 4.90 Å². The third-order valence-corrected chi connectivity index (χ3v) is 8.06. The summed E-state index contributed by atoms with van der Waals surface area (Å²) in [5.41, 5.74) is 1.46. The number of nitrogens with zero attached hydrogens (tertiary/aromatic N) is 1. The van der Waals surface area contributed by atoms with Crippen molar-refractivity contribution in [2.24, 2.45) is 0 Å². The molecule has 7 nitrogen and oxygen atoms in total. The second kappa shape index (κ2) is 11.2. The van der Waals surface area contributed by atoms with Crippen molar-refractivity contribution >= 4 is 38.7 Å². The molecule has 3 N–H and O–H groups in total. The van der Waals surface area contributed by atoms with Crippen molar-refractivity contribution in [3.8, 4) is 5.75 Å². The lowest BCUT2D eigenvalue weighted by molar-refractivity contribution is -0.274. The van der Waals surface area contributed by atoms with Crippen LogP contribution in [0.4, 0.5) is 24.5 Å². The van der Waals surface area contributed by atoms with Crippen molar-refractivity contribution in [1.29, 1.82) is 0 Å². The second-order valence-corrected chi connectivity index (χ2v) is 11.2. The minimum atomic E-state index is -4.72. The molecular formula is C24H29F3N4O3S2. The van der Waals surface area contributed by atoms with Crippen LogP contribution >= 0.6 is 12.2 Å². The number of alkyl halides is 3. The van der Waals surface area contributed by atoms with Gasteiger partial charge in [0.15, 0.2) is 5.11 Å². The fourth-order valence-electron chi connectivity index (χ4n) is 4.55. The van der Waals surface area contributed by atoms with E-state index >= 15 is 0 Å². The Balaban J connectivity index is 1.25. The van der Waals surface area contributed by atoms with Crippen molar-refractivity contribution in [2.75, 3.05) is 23.3 Å². The molecule has 0 bridgehead atoms. The highest BCUT2D eigenvalue weighted by Gasteiger charge is 2.31. The van der Waals surface area contributed by atoms with Gasteiger partial charge in [0.1, 0.15) is 5.75 Å². The third kappa shape index (κ3) is 7.47. The smallest absolute Gasteiger partial charge is 0.406 e. The molecule has 0 amide bonds. The molecule has 1 heterocycles. The molecule has 1 aliphatic heterocycles. The lowest BCUT2D eigenvalue weighted by Gasteiger charge is -2.22. The minimum Gasteiger partial charge on any atom is -0.406 e. The second-order valence-electron chi connectivity index (χ2n) is 9.05. The van der Waals surface area contributed by atoms with Crippen molar-refractivity contribution in [3.05, 3.63) is 48.5 Å². The predicted molar refractivity (Wildman–Crippen MR) is 137 cm³/mol. The molecule has 2 aromatic carbocycles. The Morgan fingerprint density at radius 1 is 0.944 bits per heavy atom. The zero-order valence-corrected chi connectivity index (χ0v) is 21.2. The number of halogens is 3. The molecule has 1 atom stereocenters. The van der Waals surface area contributed by atoms with Crippen LogP contribution in [0.3, 0.4) is 0 Å². The summed E-state index contributed by atoms with van der Waals surface area (Å²) in [7, 11) is -3.56.